The van der Waals surface area contributed by atoms with Gasteiger partial charge in [-0.3, -0.25) is 4.79 Å². The molecule has 5 atom stereocenters. The number of ether oxygens (including phenoxy) is 6. The Hall–Kier alpha value is -3.35. The van der Waals surface area contributed by atoms with Crippen LogP contribution in [0, 0.1) is 0 Å². The van der Waals surface area contributed by atoms with Crippen LogP contribution in [0.5, 0.6) is 23.0 Å². The molecule has 1 aliphatic rings. The minimum Gasteiger partial charge on any atom is -0.497 e. The quantitative estimate of drug-likeness (QED) is 0.408. The Morgan fingerprint density at radius 2 is 1.61 bits per heavy atom. The monoisotopic (exact) mass is 504 g/mol. The molecule has 194 valence electrons. The zero-order valence-corrected chi connectivity index (χ0v) is 20.2. The van der Waals surface area contributed by atoms with E-state index in [1.165, 1.54) is 33.5 Å². The fraction of sp³-hybridized carbons (Fsp3) is 0.400. The van der Waals surface area contributed by atoms with Crippen LogP contribution in [0.15, 0.2) is 45.6 Å². The summed E-state index contributed by atoms with van der Waals surface area (Å²) in [7, 11) is 5.59. The third kappa shape index (κ3) is 4.59. The molecule has 1 aromatic heterocycles. The average molecular weight is 504 g/mol. The van der Waals surface area contributed by atoms with Crippen LogP contribution < -0.4 is 24.4 Å². The number of aliphatic hydroxyl groups excluding tert-OH is 3. The molecule has 0 amide bonds. The van der Waals surface area contributed by atoms with Gasteiger partial charge in [0, 0.05) is 24.8 Å². The molecule has 3 aromatic rings. The maximum Gasteiger partial charge on any atom is 0.229 e. The lowest BCUT2D eigenvalue weighted by Crippen LogP contribution is -2.60. The van der Waals surface area contributed by atoms with Crippen molar-refractivity contribution in [2.75, 3.05) is 35.0 Å². The molecule has 0 aliphatic carbocycles. The zero-order chi connectivity index (χ0) is 26.0. The van der Waals surface area contributed by atoms with E-state index in [-0.39, 0.29) is 33.6 Å². The molecule has 1 aliphatic heterocycles. The first kappa shape index (κ1) is 25.7. The van der Waals surface area contributed by atoms with E-state index >= 15 is 0 Å². The molecule has 4 rings (SSSR count). The molecule has 2 heterocycles. The third-order valence-corrected chi connectivity index (χ3v) is 6.01. The highest BCUT2D eigenvalue weighted by Crippen LogP contribution is 2.44. The normalized spacial score (nSPS) is 23.9. The van der Waals surface area contributed by atoms with Crippen molar-refractivity contribution in [3.8, 4) is 34.3 Å². The number of hydrogen-bond donors (Lipinski definition) is 3. The fourth-order valence-corrected chi connectivity index (χ4v) is 4.19. The summed E-state index contributed by atoms with van der Waals surface area (Å²) in [6, 6.07) is 9.71. The van der Waals surface area contributed by atoms with Gasteiger partial charge in [-0.15, -0.1) is 0 Å². The van der Waals surface area contributed by atoms with Crippen LogP contribution in [0.3, 0.4) is 0 Å². The summed E-state index contributed by atoms with van der Waals surface area (Å²) in [6.45, 7) is -0.486. The van der Waals surface area contributed by atoms with Gasteiger partial charge in [-0.25, -0.2) is 0 Å². The van der Waals surface area contributed by atoms with Crippen LogP contribution in [0.25, 0.3) is 22.3 Å². The van der Waals surface area contributed by atoms with Gasteiger partial charge in [0.2, 0.25) is 12.0 Å². The third-order valence-electron chi connectivity index (χ3n) is 6.01. The molecule has 5 unspecified atom stereocenters. The summed E-state index contributed by atoms with van der Waals surface area (Å²) in [5, 5.41) is 30.8. The Morgan fingerprint density at radius 3 is 2.19 bits per heavy atom. The van der Waals surface area contributed by atoms with Crippen LogP contribution in [0.2, 0.25) is 0 Å². The van der Waals surface area contributed by atoms with Gasteiger partial charge in [-0.2, -0.15) is 0 Å². The van der Waals surface area contributed by atoms with Crippen molar-refractivity contribution in [1.29, 1.82) is 0 Å². The molecular weight excluding hydrogens is 476 g/mol. The van der Waals surface area contributed by atoms with Gasteiger partial charge in [0.05, 0.1) is 27.9 Å². The van der Waals surface area contributed by atoms with Crippen LogP contribution in [0.1, 0.15) is 0 Å². The maximum atomic E-state index is 13.1. The molecule has 11 nitrogen and oxygen atoms in total. The maximum absolute atomic E-state index is 13.1. The highest BCUT2D eigenvalue weighted by atomic mass is 16.7. The highest BCUT2D eigenvalue weighted by Gasteiger charge is 2.46. The van der Waals surface area contributed by atoms with Gasteiger partial charge in [0.1, 0.15) is 46.9 Å². The molecule has 1 saturated heterocycles. The first-order valence-corrected chi connectivity index (χ1v) is 11.1. The molecule has 3 N–H and O–H groups in total. The predicted octanol–water partition coefficient (Wildman–Crippen LogP) is 1.32. The fourth-order valence-electron chi connectivity index (χ4n) is 4.19. The highest BCUT2D eigenvalue weighted by molar-refractivity contribution is 5.90. The number of rotatable bonds is 8. The van der Waals surface area contributed by atoms with Gasteiger partial charge in [-0.05, 0) is 24.3 Å². The average Bonchev–Trinajstić information content (AvgIpc) is 2.90. The van der Waals surface area contributed by atoms with E-state index in [4.69, 9.17) is 32.8 Å². The van der Waals surface area contributed by atoms with Gasteiger partial charge in [0.15, 0.2) is 16.9 Å². The SMILES string of the molecule is COc1ccc(-c2cc(=O)c3c(OC)c(OC)c(OC4OC(CO)C(OC)C(O)C4O)cc3o2)cc1. The lowest BCUT2D eigenvalue weighted by Gasteiger charge is -2.41. The smallest absolute Gasteiger partial charge is 0.229 e. The number of aliphatic hydroxyl groups is 3. The molecule has 0 bridgehead atoms. The zero-order valence-electron chi connectivity index (χ0n) is 20.2. The van der Waals surface area contributed by atoms with Crippen molar-refractivity contribution in [3.05, 3.63) is 46.6 Å². The first-order valence-electron chi connectivity index (χ1n) is 11.1. The number of benzene rings is 2. The second-order valence-corrected chi connectivity index (χ2v) is 8.04. The molecule has 0 spiro atoms. The summed E-state index contributed by atoms with van der Waals surface area (Å²) in [5.41, 5.74) is 0.384. The Morgan fingerprint density at radius 1 is 0.917 bits per heavy atom. The van der Waals surface area contributed by atoms with Crippen LogP contribution in [-0.2, 0) is 9.47 Å². The van der Waals surface area contributed by atoms with Crippen molar-refractivity contribution in [1.82, 2.24) is 0 Å². The Bertz CT molecular complexity index is 1250. The molecule has 0 radical (unpaired) electrons. The molecule has 11 heteroatoms. The Labute approximate surface area is 206 Å². The summed E-state index contributed by atoms with van der Waals surface area (Å²) in [5.74, 6) is 1.06. The van der Waals surface area contributed by atoms with E-state index < -0.39 is 37.3 Å². The standard InChI is InChI=1S/C25H28O11/c1-30-13-7-5-12(6-8-13)15-9-14(27)19-16(34-15)10-17(23(32-3)24(19)33-4)35-25-21(29)20(28)22(31-2)18(11-26)36-25/h5-10,18,20-22,25-26,28-29H,11H2,1-4H3. The van der Waals surface area contributed by atoms with Gasteiger partial charge >= 0.3 is 0 Å². The summed E-state index contributed by atoms with van der Waals surface area (Å²) in [6.07, 6.45) is -6.27. The van der Waals surface area contributed by atoms with E-state index in [2.05, 4.69) is 0 Å². The van der Waals surface area contributed by atoms with E-state index in [1.807, 2.05) is 0 Å². The van der Waals surface area contributed by atoms with Gasteiger partial charge < -0.3 is 48.2 Å². The van der Waals surface area contributed by atoms with Crippen molar-refractivity contribution in [2.24, 2.45) is 0 Å². The van der Waals surface area contributed by atoms with E-state index in [9.17, 15) is 20.1 Å². The Kier molecular flexibility index (Phi) is 7.67. The minimum atomic E-state index is -1.53. The van der Waals surface area contributed by atoms with Crippen molar-refractivity contribution < 1.29 is 48.2 Å². The summed E-state index contributed by atoms with van der Waals surface area (Å²) in [4.78, 5) is 13.1. The van der Waals surface area contributed by atoms with Crippen LogP contribution in [-0.4, -0.2) is 81.1 Å². The topological polar surface area (TPSA) is 146 Å². The van der Waals surface area contributed by atoms with Crippen molar-refractivity contribution in [2.45, 2.75) is 30.7 Å². The van der Waals surface area contributed by atoms with E-state index in [0.717, 1.165) is 0 Å². The largest absolute Gasteiger partial charge is 0.497 e. The molecule has 36 heavy (non-hydrogen) atoms. The molecule has 2 aromatic carbocycles. The second-order valence-electron chi connectivity index (χ2n) is 8.04. The van der Waals surface area contributed by atoms with Crippen LogP contribution in [0.4, 0.5) is 0 Å². The van der Waals surface area contributed by atoms with E-state index in [0.29, 0.717) is 17.1 Å². The number of hydrogen-bond acceptors (Lipinski definition) is 11. The second kappa shape index (κ2) is 10.7. The van der Waals surface area contributed by atoms with Crippen molar-refractivity contribution in [3.63, 3.8) is 0 Å². The summed E-state index contributed by atoms with van der Waals surface area (Å²) >= 11 is 0. The minimum absolute atomic E-state index is 0.0145. The number of fused-ring (bicyclic) bond motifs is 1. The van der Waals surface area contributed by atoms with Gasteiger partial charge in [-0.1, -0.05) is 0 Å². The molecular formula is C25H28O11. The predicted molar refractivity (Wildman–Crippen MR) is 127 cm³/mol. The first-order chi connectivity index (χ1) is 17.4. The molecule has 1 fully saturated rings. The Balaban J connectivity index is 1.80. The summed E-state index contributed by atoms with van der Waals surface area (Å²) < 4.78 is 38.8. The number of methoxy groups -OCH3 is 4. The molecule has 0 saturated carbocycles. The lowest BCUT2D eigenvalue weighted by atomic mass is 9.99. The van der Waals surface area contributed by atoms with Crippen molar-refractivity contribution >= 4 is 11.0 Å². The lowest BCUT2D eigenvalue weighted by molar-refractivity contribution is -0.282. The van der Waals surface area contributed by atoms with Crippen LogP contribution >= 0.6 is 0 Å². The van der Waals surface area contributed by atoms with Gasteiger partial charge in [0.25, 0.3) is 0 Å². The van der Waals surface area contributed by atoms with E-state index in [1.54, 1.807) is 31.4 Å².